The third kappa shape index (κ3) is 5.76. The van der Waals surface area contributed by atoms with E-state index < -0.39 is 0 Å². The van der Waals surface area contributed by atoms with Crippen molar-refractivity contribution in [3.63, 3.8) is 0 Å². The quantitative estimate of drug-likeness (QED) is 0.361. The molecule has 0 saturated heterocycles. The molecule has 1 unspecified atom stereocenters. The Morgan fingerprint density at radius 3 is 2.67 bits per heavy atom. The molecule has 0 aromatic carbocycles. The third-order valence-electron chi connectivity index (χ3n) is 1.20. The molecule has 0 radical (unpaired) electrons. The van der Waals surface area contributed by atoms with Gasteiger partial charge in [0.05, 0.1) is 6.61 Å². The van der Waals surface area contributed by atoms with Gasteiger partial charge in [0.15, 0.2) is 0 Å². The van der Waals surface area contributed by atoms with E-state index >= 15 is 0 Å². The van der Waals surface area contributed by atoms with Crippen molar-refractivity contribution in [1.29, 1.82) is 0 Å². The number of aliphatic hydroxyl groups is 1. The number of hydrogen-bond donors (Lipinski definition) is 3. The van der Waals surface area contributed by atoms with Crippen molar-refractivity contribution in [1.82, 2.24) is 10.9 Å². The van der Waals surface area contributed by atoms with Crippen LogP contribution in [0.15, 0.2) is 0 Å². The van der Waals surface area contributed by atoms with Crippen LogP contribution < -0.4 is 10.9 Å². The zero-order valence-corrected chi connectivity index (χ0v) is 6.15. The highest BCUT2D eigenvalue weighted by molar-refractivity contribution is 4.51. The van der Waals surface area contributed by atoms with Gasteiger partial charge in [-0.25, -0.2) is 0 Å². The van der Waals surface area contributed by atoms with E-state index in [0.717, 1.165) is 6.42 Å². The zero-order valence-electron chi connectivity index (χ0n) is 6.15. The molecule has 0 amide bonds. The van der Waals surface area contributed by atoms with Gasteiger partial charge in [0, 0.05) is 12.6 Å². The first-order valence-corrected chi connectivity index (χ1v) is 3.40. The molecular weight excluding hydrogens is 116 g/mol. The summed E-state index contributed by atoms with van der Waals surface area (Å²) in [6.07, 6.45) is 1.10. The molecule has 0 heterocycles. The second-order valence-corrected chi connectivity index (χ2v) is 2.10. The molecule has 0 spiro atoms. The third-order valence-corrected chi connectivity index (χ3v) is 1.20. The van der Waals surface area contributed by atoms with Gasteiger partial charge in [0.1, 0.15) is 0 Å². The molecule has 0 aromatic heterocycles. The minimum absolute atomic E-state index is 0.184. The molecule has 0 rings (SSSR count). The van der Waals surface area contributed by atoms with E-state index in [4.69, 9.17) is 5.11 Å². The molecule has 0 aliphatic carbocycles. The van der Waals surface area contributed by atoms with Crippen LogP contribution in [-0.4, -0.2) is 24.3 Å². The van der Waals surface area contributed by atoms with Gasteiger partial charge in [0.2, 0.25) is 0 Å². The van der Waals surface area contributed by atoms with E-state index in [9.17, 15) is 0 Å². The number of hydrazine groups is 1. The predicted molar refractivity (Wildman–Crippen MR) is 38.0 cm³/mol. The van der Waals surface area contributed by atoms with Gasteiger partial charge in [0.25, 0.3) is 0 Å². The van der Waals surface area contributed by atoms with Gasteiger partial charge in [-0.3, -0.25) is 10.9 Å². The molecule has 0 aliphatic heterocycles. The van der Waals surface area contributed by atoms with Gasteiger partial charge in [-0.2, -0.15) is 0 Å². The molecule has 1 atom stereocenters. The van der Waals surface area contributed by atoms with Crippen molar-refractivity contribution >= 4 is 0 Å². The number of hydrogen-bond acceptors (Lipinski definition) is 3. The lowest BCUT2D eigenvalue weighted by molar-refractivity contribution is 0.277. The monoisotopic (exact) mass is 132 g/mol. The maximum Gasteiger partial charge on any atom is 0.0569 e. The average Bonchev–Trinajstić information content (AvgIpc) is 1.89. The van der Waals surface area contributed by atoms with Crippen LogP contribution in [0, 0.1) is 0 Å². The second kappa shape index (κ2) is 6.01. The molecule has 9 heavy (non-hydrogen) atoms. The molecule has 0 aromatic rings. The first-order valence-electron chi connectivity index (χ1n) is 3.40. The lowest BCUT2D eigenvalue weighted by atomic mass is 10.3. The average molecular weight is 132 g/mol. The number of rotatable bonds is 5. The maximum absolute atomic E-state index is 8.35. The van der Waals surface area contributed by atoms with Crippen LogP contribution in [0.25, 0.3) is 0 Å². The Labute approximate surface area is 56.4 Å². The minimum Gasteiger partial charge on any atom is -0.395 e. The molecule has 0 aliphatic rings. The fourth-order valence-corrected chi connectivity index (χ4v) is 0.404. The minimum atomic E-state index is 0.184. The summed E-state index contributed by atoms with van der Waals surface area (Å²) in [6.45, 7) is 5.00. The summed E-state index contributed by atoms with van der Waals surface area (Å²) >= 11 is 0. The fraction of sp³-hybridized carbons (Fsp3) is 1.00. The molecule has 0 saturated carbocycles. The Morgan fingerprint density at radius 1 is 1.56 bits per heavy atom. The van der Waals surface area contributed by atoms with E-state index in [0.29, 0.717) is 12.6 Å². The Morgan fingerprint density at radius 2 is 2.22 bits per heavy atom. The van der Waals surface area contributed by atoms with Gasteiger partial charge < -0.3 is 5.11 Å². The summed E-state index contributed by atoms with van der Waals surface area (Å²) in [5, 5.41) is 8.35. The summed E-state index contributed by atoms with van der Waals surface area (Å²) in [7, 11) is 0. The molecule has 3 heteroatoms. The van der Waals surface area contributed by atoms with Crippen molar-refractivity contribution in [2.75, 3.05) is 13.2 Å². The van der Waals surface area contributed by atoms with Crippen LogP contribution >= 0.6 is 0 Å². The van der Waals surface area contributed by atoms with Crippen molar-refractivity contribution < 1.29 is 5.11 Å². The summed E-state index contributed by atoms with van der Waals surface area (Å²) in [4.78, 5) is 0. The van der Waals surface area contributed by atoms with Crippen LogP contribution in [-0.2, 0) is 0 Å². The highest BCUT2D eigenvalue weighted by Gasteiger charge is 1.92. The molecule has 3 N–H and O–H groups in total. The second-order valence-electron chi connectivity index (χ2n) is 2.10. The van der Waals surface area contributed by atoms with Crippen LogP contribution in [0.2, 0.25) is 0 Å². The first-order chi connectivity index (χ1) is 4.31. The summed E-state index contributed by atoms with van der Waals surface area (Å²) < 4.78 is 0. The largest absolute Gasteiger partial charge is 0.395 e. The lowest BCUT2D eigenvalue weighted by Crippen LogP contribution is -2.40. The first kappa shape index (κ1) is 8.88. The van der Waals surface area contributed by atoms with E-state index in [1.165, 1.54) is 0 Å². The van der Waals surface area contributed by atoms with E-state index in [1.807, 2.05) is 0 Å². The van der Waals surface area contributed by atoms with Crippen molar-refractivity contribution in [3.05, 3.63) is 0 Å². The highest BCUT2D eigenvalue weighted by Crippen LogP contribution is 1.82. The standard InChI is InChI=1S/C6H16N2O/c1-3-6(2)8-7-4-5-9/h6-9H,3-5H2,1-2H3. The molecule has 3 nitrogen and oxygen atoms in total. The van der Waals surface area contributed by atoms with Gasteiger partial charge in [-0.05, 0) is 13.3 Å². The smallest absolute Gasteiger partial charge is 0.0569 e. The van der Waals surface area contributed by atoms with Gasteiger partial charge in [-0.15, -0.1) is 0 Å². The topological polar surface area (TPSA) is 44.3 Å². The van der Waals surface area contributed by atoms with Crippen LogP contribution in [0.4, 0.5) is 0 Å². The van der Waals surface area contributed by atoms with Crippen LogP contribution in [0.5, 0.6) is 0 Å². The number of aliphatic hydroxyl groups excluding tert-OH is 1. The molecule has 0 bridgehead atoms. The van der Waals surface area contributed by atoms with Gasteiger partial charge in [-0.1, -0.05) is 6.92 Å². The Hall–Kier alpha value is -0.120. The molecule has 0 fully saturated rings. The Bertz CT molecular complexity index is 59.0. The summed E-state index contributed by atoms with van der Waals surface area (Å²) in [5.74, 6) is 0. The van der Waals surface area contributed by atoms with E-state index in [-0.39, 0.29) is 6.61 Å². The normalized spacial score (nSPS) is 13.7. The maximum atomic E-state index is 8.35. The SMILES string of the molecule is CCC(C)NNCCO. The fourth-order valence-electron chi connectivity index (χ4n) is 0.404. The summed E-state index contributed by atoms with van der Waals surface area (Å²) in [5.41, 5.74) is 5.91. The molecular formula is C6H16N2O. The van der Waals surface area contributed by atoms with Crippen molar-refractivity contribution in [2.24, 2.45) is 0 Å². The zero-order chi connectivity index (χ0) is 7.11. The Balaban J connectivity index is 2.88. The molecule has 56 valence electrons. The van der Waals surface area contributed by atoms with Gasteiger partial charge >= 0.3 is 0 Å². The van der Waals surface area contributed by atoms with Crippen molar-refractivity contribution in [2.45, 2.75) is 26.3 Å². The van der Waals surface area contributed by atoms with Crippen LogP contribution in [0.1, 0.15) is 20.3 Å². The van der Waals surface area contributed by atoms with Crippen LogP contribution in [0.3, 0.4) is 0 Å². The van der Waals surface area contributed by atoms with Crippen molar-refractivity contribution in [3.8, 4) is 0 Å². The summed E-state index contributed by atoms with van der Waals surface area (Å²) in [6, 6.07) is 0.483. The predicted octanol–water partition coefficient (Wildman–Crippen LogP) is -0.129. The number of nitrogens with one attached hydrogen (secondary N) is 2. The Kier molecular flexibility index (Phi) is 5.93. The highest BCUT2D eigenvalue weighted by atomic mass is 16.3. The van der Waals surface area contributed by atoms with E-state index in [2.05, 4.69) is 24.7 Å². The lowest BCUT2D eigenvalue weighted by Gasteiger charge is -2.10. The van der Waals surface area contributed by atoms with E-state index in [1.54, 1.807) is 0 Å².